The highest BCUT2D eigenvalue weighted by Crippen LogP contribution is 2.17. The first kappa shape index (κ1) is 13.3. The molecule has 2 heterocycles. The van der Waals surface area contributed by atoms with Crippen LogP contribution in [0.4, 0.5) is 0 Å². The Bertz CT molecular complexity index is 606. The van der Waals surface area contributed by atoms with Crippen molar-refractivity contribution in [2.45, 2.75) is 6.54 Å². The molecule has 0 radical (unpaired) electrons. The van der Waals surface area contributed by atoms with Gasteiger partial charge >= 0.3 is 5.97 Å². The first-order valence-corrected chi connectivity index (χ1v) is 6.06. The van der Waals surface area contributed by atoms with Crippen LogP contribution < -0.4 is 5.32 Å². The lowest BCUT2D eigenvalue weighted by Gasteiger charge is -2.04. The molecule has 2 rings (SSSR count). The van der Waals surface area contributed by atoms with E-state index in [2.05, 4.69) is 26.2 Å². The van der Waals surface area contributed by atoms with E-state index in [-0.39, 0.29) is 18.1 Å². The molecule has 0 spiro atoms. The molecule has 0 aliphatic carbocycles. The molecule has 2 aromatic rings. The summed E-state index contributed by atoms with van der Waals surface area (Å²) in [6.45, 7) is 0.253. The fourth-order valence-electron chi connectivity index (χ4n) is 1.39. The van der Waals surface area contributed by atoms with Crippen molar-refractivity contribution in [1.82, 2.24) is 10.3 Å². The molecule has 0 aromatic carbocycles. The Morgan fingerprint density at radius 2 is 2.16 bits per heavy atom. The molecule has 1 amide bonds. The number of furan rings is 1. The van der Waals surface area contributed by atoms with Crippen molar-refractivity contribution in [2.24, 2.45) is 0 Å². The zero-order chi connectivity index (χ0) is 13.8. The molecule has 0 bridgehead atoms. The number of aromatic nitrogens is 1. The molecular weight excluding hydrogens is 316 g/mol. The normalized spacial score (nSPS) is 10.2. The van der Waals surface area contributed by atoms with Crippen molar-refractivity contribution in [3.63, 3.8) is 0 Å². The summed E-state index contributed by atoms with van der Waals surface area (Å²) in [6.07, 6.45) is 2.82. The lowest BCUT2D eigenvalue weighted by Crippen LogP contribution is -2.22. The molecule has 0 saturated heterocycles. The van der Waals surface area contributed by atoms with Gasteiger partial charge in [-0.05, 0) is 33.6 Å². The highest BCUT2D eigenvalue weighted by Gasteiger charge is 2.12. The molecule has 0 aliphatic heterocycles. The number of carbonyl (C=O) groups excluding carboxylic acids is 1. The van der Waals surface area contributed by atoms with Gasteiger partial charge in [0.25, 0.3) is 5.91 Å². The minimum absolute atomic E-state index is 0.0346. The van der Waals surface area contributed by atoms with E-state index in [1.165, 1.54) is 18.5 Å². The molecule has 19 heavy (non-hydrogen) atoms. The van der Waals surface area contributed by atoms with Gasteiger partial charge in [-0.25, -0.2) is 9.78 Å². The van der Waals surface area contributed by atoms with Gasteiger partial charge in [-0.1, -0.05) is 6.07 Å². The van der Waals surface area contributed by atoms with Crippen LogP contribution in [0.5, 0.6) is 0 Å². The predicted octanol–water partition coefficient (Wildman–Crippen LogP) is 2.07. The lowest BCUT2D eigenvalue weighted by atomic mass is 10.2. The Balaban J connectivity index is 1.97. The van der Waals surface area contributed by atoms with Crippen molar-refractivity contribution in [3.05, 3.63) is 52.1 Å². The number of hydrogen-bond donors (Lipinski definition) is 2. The van der Waals surface area contributed by atoms with Gasteiger partial charge in [0.05, 0.1) is 11.8 Å². The largest absolute Gasteiger partial charge is 0.477 e. The zero-order valence-electron chi connectivity index (χ0n) is 9.59. The molecule has 0 atom stereocenters. The number of rotatable bonds is 4. The van der Waals surface area contributed by atoms with E-state index < -0.39 is 5.97 Å². The minimum atomic E-state index is -1.09. The molecular formula is C12H9BrN2O4. The molecule has 0 aliphatic rings. The summed E-state index contributed by atoms with van der Waals surface area (Å²) in [5.41, 5.74) is 1.07. The first-order valence-electron chi connectivity index (χ1n) is 5.27. The number of hydrogen-bond acceptors (Lipinski definition) is 4. The van der Waals surface area contributed by atoms with E-state index in [1.807, 2.05) is 0 Å². The van der Waals surface area contributed by atoms with Crippen molar-refractivity contribution in [1.29, 1.82) is 0 Å². The van der Waals surface area contributed by atoms with Gasteiger partial charge in [-0.3, -0.25) is 4.79 Å². The summed E-state index contributed by atoms with van der Waals surface area (Å²) < 4.78 is 5.32. The Kier molecular flexibility index (Phi) is 3.96. The second-order valence-electron chi connectivity index (χ2n) is 3.65. The third-order valence-electron chi connectivity index (χ3n) is 2.36. The molecule has 6 nitrogen and oxygen atoms in total. The standard InChI is InChI=1S/C12H9BrN2O4/c13-10-8(3-4-19-10)11(16)15-6-7-1-2-9(12(17)18)14-5-7/h1-5H,6H2,(H,15,16)(H,17,18). The fraction of sp³-hybridized carbons (Fsp3) is 0.0833. The van der Waals surface area contributed by atoms with Gasteiger partial charge in [0.15, 0.2) is 4.67 Å². The summed E-state index contributed by atoms with van der Waals surface area (Å²) in [6, 6.07) is 4.53. The first-order chi connectivity index (χ1) is 9.08. The maximum Gasteiger partial charge on any atom is 0.354 e. The quantitative estimate of drug-likeness (QED) is 0.898. The van der Waals surface area contributed by atoms with Crippen molar-refractivity contribution in [3.8, 4) is 0 Å². The third kappa shape index (κ3) is 3.19. The molecule has 2 aromatic heterocycles. The highest BCUT2D eigenvalue weighted by molar-refractivity contribution is 9.10. The van der Waals surface area contributed by atoms with Crippen LogP contribution in [0.25, 0.3) is 0 Å². The van der Waals surface area contributed by atoms with Gasteiger partial charge in [-0.15, -0.1) is 0 Å². The van der Waals surface area contributed by atoms with Crippen LogP contribution in [0.2, 0.25) is 0 Å². The number of nitrogens with one attached hydrogen (secondary N) is 1. The Labute approximate surface area is 116 Å². The van der Waals surface area contributed by atoms with Gasteiger partial charge < -0.3 is 14.8 Å². The number of nitrogens with zero attached hydrogens (tertiary/aromatic N) is 1. The highest BCUT2D eigenvalue weighted by atomic mass is 79.9. The van der Waals surface area contributed by atoms with E-state index in [1.54, 1.807) is 12.1 Å². The van der Waals surface area contributed by atoms with Crippen molar-refractivity contribution in [2.75, 3.05) is 0 Å². The monoisotopic (exact) mass is 324 g/mol. The minimum Gasteiger partial charge on any atom is -0.477 e. The topological polar surface area (TPSA) is 92.4 Å². The maximum absolute atomic E-state index is 11.8. The number of carboxylic acids is 1. The number of halogens is 1. The van der Waals surface area contributed by atoms with Crippen LogP contribution in [0, 0.1) is 0 Å². The zero-order valence-corrected chi connectivity index (χ0v) is 11.2. The molecule has 98 valence electrons. The Morgan fingerprint density at radius 1 is 1.37 bits per heavy atom. The van der Waals surface area contributed by atoms with Crippen molar-refractivity contribution < 1.29 is 19.1 Å². The van der Waals surface area contributed by atoms with E-state index in [0.717, 1.165) is 0 Å². The van der Waals surface area contributed by atoms with E-state index in [9.17, 15) is 9.59 Å². The summed E-state index contributed by atoms with van der Waals surface area (Å²) in [4.78, 5) is 26.1. The molecule has 7 heteroatoms. The number of aromatic carboxylic acids is 1. The Hall–Kier alpha value is -2.15. The van der Waals surface area contributed by atoms with Crippen LogP contribution in [0.3, 0.4) is 0 Å². The molecule has 0 unspecified atom stereocenters. The Morgan fingerprint density at radius 3 is 2.68 bits per heavy atom. The van der Waals surface area contributed by atoms with Crippen LogP contribution in [-0.4, -0.2) is 22.0 Å². The summed E-state index contributed by atoms with van der Waals surface area (Å²) in [5, 5.41) is 11.4. The smallest absolute Gasteiger partial charge is 0.354 e. The summed E-state index contributed by atoms with van der Waals surface area (Å²) >= 11 is 3.11. The van der Waals surface area contributed by atoms with Gasteiger partial charge in [0.1, 0.15) is 5.69 Å². The number of carbonyl (C=O) groups is 2. The second kappa shape index (κ2) is 5.66. The van der Waals surface area contributed by atoms with E-state index in [0.29, 0.717) is 15.8 Å². The number of pyridine rings is 1. The van der Waals surface area contributed by atoms with Gasteiger partial charge in [0.2, 0.25) is 0 Å². The maximum atomic E-state index is 11.8. The van der Waals surface area contributed by atoms with E-state index in [4.69, 9.17) is 9.52 Å². The van der Waals surface area contributed by atoms with E-state index >= 15 is 0 Å². The van der Waals surface area contributed by atoms with Gasteiger partial charge in [-0.2, -0.15) is 0 Å². The van der Waals surface area contributed by atoms with Crippen LogP contribution in [0.1, 0.15) is 26.4 Å². The molecule has 0 fully saturated rings. The third-order valence-corrected chi connectivity index (χ3v) is 2.97. The average molecular weight is 325 g/mol. The number of carboxylic acid groups (broad SMARTS) is 1. The summed E-state index contributed by atoms with van der Waals surface area (Å²) in [7, 11) is 0. The van der Waals surface area contributed by atoms with Crippen LogP contribution >= 0.6 is 15.9 Å². The predicted molar refractivity (Wildman–Crippen MR) is 68.8 cm³/mol. The SMILES string of the molecule is O=C(O)c1ccc(CNC(=O)c2ccoc2Br)cn1. The summed E-state index contributed by atoms with van der Waals surface area (Å²) in [5.74, 6) is -1.37. The van der Waals surface area contributed by atoms with Crippen LogP contribution in [0.15, 0.2) is 39.7 Å². The van der Waals surface area contributed by atoms with Gasteiger partial charge in [0, 0.05) is 12.7 Å². The molecule has 2 N–H and O–H groups in total. The second-order valence-corrected chi connectivity index (χ2v) is 4.37. The molecule has 0 saturated carbocycles. The lowest BCUT2D eigenvalue weighted by molar-refractivity contribution is 0.0690. The fourth-order valence-corrected chi connectivity index (χ4v) is 1.81. The van der Waals surface area contributed by atoms with Crippen LogP contribution in [-0.2, 0) is 6.54 Å². The van der Waals surface area contributed by atoms with Crippen molar-refractivity contribution >= 4 is 27.8 Å². The average Bonchev–Trinajstić information content (AvgIpc) is 2.83. The number of amides is 1.